The Kier molecular flexibility index (Phi) is 9.74. The molecule has 0 aromatic heterocycles. The number of nitrogens with one attached hydrogen (secondary N) is 2. The van der Waals surface area contributed by atoms with Crippen LogP contribution in [0, 0.1) is 0 Å². The van der Waals surface area contributed by atoms with Crippen LogP contribution in [-0.4, -0.2) is 32.0 Å². The van der Waals surface area contributed by atoms with Gasteiger partial charge in [-0.05, 0) is 42.9 Å². The molecule has 0 aliphatic heterocycles. The number of hydrogen-bond acceptors (Lipinski definition) is 2. The number of nitrogens with zero attached hydrogens (tertiary/aromatic N) is 2. The van der Waals surface area contributed by atoms with Crippen LogP contribution in [0.2, 0.25) is 0 Å². The predicted octanol–water partition coefficient (Wildman–Crippen LogP) is 4.25. The Hall–Kier alpha value is -1.81. The average molecular weight is 506 g/mol. The maximum atomic E-state index is 12.6. The normalized spacial score (nSPS) is 11.9. The molecule has 0 heterocycles. The van der Waals surface area contributed by atoms with Crippen molar-refractivity contribution >= 4 is 29.9 Å². The molecule has 0 bridgehead atoms. The molecule has 0 saturated carbocycles. The number of alkyl halides is 3. The van der Waals surface area contributed by atoms with Gasteiger partial charge in [0.15, 0.2) is 5.96 Å². The van der Waals surface area contributed by atoms with E-state index in [1.807, 2.05) is 26.2 Å². The third-order valence-electron chi connectivity index (χ3n) is 3.91. The van der Waals surface area contributed by atoms with Gasteiger partial charge in [0.25, 0.3) is 0 Å². The highest BCUT2D eigenvalue weighted by molar-refractivity contribution is 14.0. The monoisotopic (exact) mass is 506 g/mol. The molecule has 2 N–H and O–H groups in total. The van der Waals surface area contributed by atoms with Crippen molar-refractivity contribution in [2.75, 3.05) is 21.1 Å². The van der Waals surface area contributed by atoms with Crippen LogP contribution in [0.5, 0.6) is 0 Å². The Morgan fingerprint density at radius 3 is 2.04 bits per heavy atom. The predicted molar refractivity (Wildman–Crippen MR) is 118 cm³/mol. The highest BCUT2D eigenvalue weighted by Crippen LogP contribution is 2.29. The first-order valence-electron chi connectivity index (χ1n) is 8.61. The van der Waals surface area contributed by atoms with E-state index >= 15 is 0 Å². The van der Waals surface area contributed by atoms with Crippen LogP contribution in [0.3, 0.4) is 0 Å². The number of rotatable bonds is 6. The summed E-state index contributed by atoms with van der Waals surface area (Å²) in [6.45, 7) is 1.86. The molecule has 0 fully saturated rings. The summed E-state index contributed by atoms with van der Waals surface area (Å²) in [6, 6.07) is 13.4. The second-order valence-electron chi connectivity index (χ2n) is 6.53. The average Bonchev–Trinajstić information content (AvgIpc) is 2.61. The van der Waals surface area contributed by atoms with E-state index in [1.165, 1.54) is 17.7 Å². The van der Waals surface area contributed by atoms with E-state index in [1.54, 1.807) is 7.05 Å². The van der Waals surface area contributed by atoms with Gasteiger partial charge < -0.3 is 15.5 Å². The Bertz CT molecular complexity index is 759. The van der Waals surface area contributed by atoms with E-state index in [4.69, 9.17) is 0 Å². The van der Waals surface area contributed by atoms with Crippen LogP contribution in [0.1, 0.15) is 22.3 Å². The third kappa shape index (κ3) is 8.05. The molecule has 2 aromatic rings. The standard InChI is InChI=1S/C20H25F3N4.HI/c1-24-19(25-12-15-7-9-18(10-8-15)20(21,22)23)26-13-16-5-4-6-17(11-16)14-27(2)3;/h4-11H,12-14H2,1-3H3,(H2,24,25,26);1H. The van der Waals surface area contributed by atoms with Crippen LogP contribution in [0.15, 0.2) is 53.5 Å². The van der Waals surface area contributed by atoms with Gasteiger partial charge >= 0.3 is 6.18 Å². The minimum Gasteiger partial charge on any atom is -0.352 e. The van der Waals surface area contributed by atoms with Gasteiger partial charge in [0.1, 0.15) is 0 Å². The van der Waals surface area contributed by atoms with Gasteiger partial charge in [-0.2, -0.15) is 13.2 Å². The Labute approximate surface area is 181 Å². The second kappa shape index (κ2) is 11.3. The molecule has 0 aliphatic carbocycles. The molecule has 0 aliphatic rings. The summed E-state index contributed by atoms with van der Waals surface area (Å²) in [4.78, 5) is 6.26. The summed E-state index contributed by atoms with van der Waals surface area (Å²) >= 11 is 0. The molecular formula is C20H26F3IN4. The smallest absolute Gasteiger partial charge is 0.352 e. The largest absolute Gasteiger partial charge is 0.416 e. The van der Waals surface area contributed by atoms with Crippen molar-refractivity contribution in [3.8, 4) is 0 Å². The van der Waals surface area contributed by atoms with E-state index in [-0.39, 0.29) is 24.0 Å². The van der Waals surface area contributed by atoms with Crippen LogP contribution in [0.25, 0.3) is 0 Å². The van der Waals surface area contributed by atoms with Crippen molar-refractivity contribution in [1.82, 2.24) is 15.5 Å². The molecule has 0 radical (unpaired) electrons. The molecule has 2 rings (SSSR count). The van der Waals surface area contributed by atoms with E-state index in [9.17, 15) is 13.2 Å². The summed E-state index contributed by atoms with van der Waals surface area (Å²) < 4.78 is 37.8. The molecule has 0 amide bonds. The van der Waals surface area contributed by atoms with Gasteiger partial charge in [-0.3, -0.25) is 4.99 Å². The molecule has 0 saturated heterocycles. The minimum atomic E-state index is -4.31. The first-order chi connectivity index (χ1) is 12.8. The molecule has 0 atom stereocenters. The fraction of sp³-hybridized carbons (Fsp3) is 0.350. The molecular weight excluding hydrogens is 480 g/mol. The van der Waals surface area contributed by atoms with Crippen molar-refractivity contribution in [3.05, 3.63) is 70.8 Å². The van der Waals surface area contributed by atoms with Crippen molar-refractivity contribution in [2.45, 2.75) is 25.8 Å². The number of aliphatic imine (C=N–C) groups is 1. The molecule has 8 heteroatoms. The number of benzene rings is 2. The second-order valence-corrected chi connectivity index (χ2v) is 6.53. The zero-order valence-corrected chi connectivity index (χ0v) is 18.5. The maximum absolute atomic E-state index is 12.6. The first-order valence-corrected chi connectivity index (χ1v) is 8.61. The van der Waals surface area contributed by atoms with Gasteiger partial charge in [0, 0.05) is 26.7 Å². The van der Waals surface area contributed by atoms with Gasteiger partial charge in [-0.25, -0.2) is 0 Å². The molecule has 0 unspecified atom stereocenters. The van der Waals surface area contributed by atoms with Crippen molar-refractivity contribution in [1.29, 1.82) is 0 Å². The van der Waals surface area contributed by atoms with Gasteiger partial charge in [-0.15, -0.1) is 24.0 Å². The topological polar surface area (TPSA) is 39.7 Å². The Morgan fingerprint density at radius 1 is 0.929 bits per heavy atom. The highest BCUT2D eigenvalue weighted by atomic mass is 127. The van der Waals surface area contributed by atoms with Gasteiger partial charge in [0.2, 0.25) is 0 Å². The zero-order valence-electron chi connectivity index (χ0n) is 16.2. The van der Waals surface area contributed by atoms with E-state index in [0.717, 1.165) is 29.8 Å². The summed E-state index contributed by atoms with van der Waals surface area (Å²) in [5.74, 6) is 0.591. The molecule has 28 heavy (non-hydrogen) atoms. The van der Waals surface area contributed by atoms with Gasteiger partial charge in [0.05, 0.1) is 5.56 Å². The fourth-order valence-corrected chi connectivity index (χ4v) is 2.61. The van der Waals surface area contributed by atoms with E-state index in [0.29, 0.717) is 19.0 Å². The lowest BCUT2D eigenvalue weighted by atomic mass is 10.1. The quantitative estimate of drug-likeness (QED) is 0.350. The number of hydrogen-bond donors (Lipinski definition) is 2. The lowest BCUT2D eigenvalue weighted by Gasteiger charge is -2.14. The fourth-order valence-electron chi connectivity index (χ4n) is 2.61. The Balaban J connectivity index is 0.00000392. The lowest BCUT2D eigenvalue weighted by molar-refractivity contribution is -0.137. The van der Waals surface area contributed by atoms with Crippen molar-refractivity contribution in [2.24, 2.45) is 4.99 Å². The first kappa shape index (κ1) is 24.2. The summed E-state index contributed by atoms with van der Waals surface area (Å²) in [5, 5.41) is 6.33. The molecule has 154 valence electrons. The summed E-state index contributed by atoms with van der Waals surface area (Å²) in [5.41, 5.74) is 2.46. The minimum absolute atomic E-state index is 0. The summed E-state index contributed by atoms with van der Waals surface area (Å²) in [7, 11) is 5.71. The zero-order chi connectivity index (χ0) is 19.9. The lowest BCUT2D eigenvalue weighted by Crippen LogP contribution is -2.36. The number of halogens is 4. The van der Waals surface area contributed by atoms with Crippen LogP contribution >= 0.6 is 24.0 Å². The van der Waals surface area contributed by atoms with E-state index < -0.39 is 11.7 Å². The highest BCUT2D eigenvalue weighted by Gasteiger charge is 2.29. The van der Waals surface area contributed by atoms with Crippen molar-refractivity contribution in [3.63, 3.8) is 0 Å². The number of guanidine groups is 1. The van der Waals surface area contributed by atoms with Crippen LogP contribution in [0.4, 0.5) is 13.2 Å². The van der Waals surface area contributed by atoms with E-state index in [2.05, 4.69) is 32.7 Å². The van der Waals surface area contributed by atoms with Gasteiger partial charge in [-0.1, -0.05) is 36.4 Å². The third-order valence-corrected chi connectivity index (χ3v) is 3.91. The summed E-state index contributed by atoms with van der Waals surface area (Å²) in [6.07, 6.45) is -4.31. The molecule has 2 aromatic carbocycles. The molecule has 0 spiro atoms. The van der Waals surface area contributed by atoms with Crippen molar-refractivity contribution < 1.29 is 13.2 Å². The SMILES string of the molecule is CN=C(NCc1ccc(C(F)(F)F)cc1)NCc1cccc(CN(C)C)c1.I. The Morgan fingerprint density at radius 2 is 1.50 bits per heavy atom. The molecule has 4 nitrogen and oxygen atoms in total. The van der Waals surface area contributed by atoms with Crippen LogP contribution in [-0.2, 0) is 25.8 Å². The maximum Gasteiger partial charge on any atom is 0.416 e. The van der Waals surface area contributed by atoms with Crippen LogP contribution < -0.4 is 10.6 Å².